The van der Waals surface area contributed by atoms with Crippen LogP contribution in [0.1, 0.15) is 41.5 Å². The third kappa shape index (κ3) is 5.78. The average molecular weight is 214 g/mol. The molecule has 0 aromatic heterocycles. The number of nitrogens with zero attached hydrogens (tertiary/aromatic N) is 1. The Balaban J connectivity index is 4.55. The van der Waals surface area contributed by atoms with Crippen molar-refractivity contribution < 1.29 is 4.74 Å². The van der Waals surface area contributed by atoms with Crippen LogP contribution >= 0.6 is 0 Å². The van der Waals surface area contributed by atoms with Crippen molar-refractivity contribution >= 4 is 5.84 Å². The minimum absolute atomic E-state index is 0.000568. The third-order valence-corrected chi connectivity index (χ3v) is 2.03. The Hall–Kier alpha value is -0.570. The summed E-state index contributed by atoms with van der Waals surface area (Å²) in [4.78, 5) is 4.38. The summed E-state index contributed by atoms with van der Waals surface area (Å²) in [7, 11) is 0. The van der Waals surface area contributed by atoms with Gasteiger partial charge in [0.2, 0.25) is 0 Å². The van der Waals surface area contributed by atoms with E-state index in [0.717, 1.165) is 6.54 Å². The van der Waals surface area contributed by atoms with Gasteiger partial charge in [0.1, 0.15) is 11.9 Å². The summed E-state index contributed by atoms with van der Waals surface area (Å²) in [5, 5.41) is 0. The van der Waals surface area contributed by atoms with Gasteiger partial charge in [-0.2, -0.15) is 0 Å². The maximum absolute atomic E-state index is 5.96. The first-order chi connectivity index (χ1) is 6.79. The molecule has 0 aliphatic heterocycles. The second-order valence-electron chi connectivity index (χ2n) is 5.36. The van der Waals surface area contributed by atoms with Crippen LogP contribution in [-0.2, 0) is 4.74 Å². The molecule has 1 atom stereocenters. The molecule has 0 bridgehead atoms. The van der Waals surface area contributed by atoms with Crippen LogP contribution in [0.15, 0.2) is 4.99 Å². The van der Waals surface area contributed by atoms with Gasteiger partial charge in [0.05, 0.1) is 0 Å². The van der Waals surface area contributed by atoms with Gasteiger partial charge in [-0.3, -0.25) is 4.99 Å². The van der Waals surface area contributed by atoms with Gasteiger partial charge in [0, 0.05) is 13.2 Å². The van der Waals surface area contributed by atoms with Crippen molar-refractivity contribution in [1.29, 1.82) is 0 Å². The second-order valence-corrected chi connectivity index (χ2v) is 5.36. The quantitative estimate of drug-likeness (QED) is 0.564. The third-order valence-electron chi connectivity index (χ3n) is 2.03. The van der Waals surface area contributed by atoms with Crippen LogP contribution in [0.25, 0.3) is 0 Å². The highest BCUT2D eigenvalue weighted by Crippen LogP contribution is 2.22. The summed E-state index contributed by atoms with van der Waals surface area (Å²) in [5.41, 5.74) is 5.96. The number of rotatable bonds is 5. The normalized spacial score (nSPS) is 15.8. The number of ether oxygens (including phenoxy) is 1. The highest BCUT2D eigenvalue weighted by Gasteiger charge is 2.28. The van der Waals surface area contributed by atoms with Gasteiger partial charge in [0.15, 0.2) is 0 Å². The zero-order chi connectivity index (χ0) is 12.1. The Morgan fingerprint density at radius 1 is 1.33 bits per heavy atom. The van der Waals surface area contributed by atoms with Gasteiger partial charge < -0.3 is 10.5 Å². The largest absolute Gasteiger partial charge is 0.385 e. The zero-order valence-corrected chi connectivity index (χ0v) is 11.0. The van der Waals surface area contributed by atoms with Gasteiger partial charge in [-0.1, -0.05) is 34.6 Å². The van der Waals surface area contributed by atoms with Crippen LogP contribution in [0.2, 0.25) is 0 Å². The summed E-state index contributed by atoms with van der Waals surface area (Å²) >= 11 is 0. The first kappa shape index (κ1) is 14.4. The number of hydrogen-bond acceptors (Lipinski definition) is 2. The van der Waals surface area contributed by atoms with Gasteiger partial charge in [0.25, 0.3) is 0 Å². The molecule has 3 nitrogen and oxygen atoms in total. The summed E-state index contributed by atoms with van der Waals surface area (Å²) in [6.07, 6.45) is -0.0822. The van der Waals surface area contributed by atoms with Crippen LogP contribution in [0.4, 0.5) is 0 Å². The van der Waals surface area contributed by atoms with E-state index in [2.05, 4.69) is 39.6 Å². The van der Waals surface area contributed by atoms with Gasteiger partial charge in [-0.15, -0.1) is 0 Å². The first-order valence-corrected chi connectivity index (χ1v) is 5.70. The second kappa shape index (κ2) is 6.11. The van der Waals surface area contributed by atoms with E-state index in [0.29, 0.717) is 18.4 Å². The minimum atomic E-state index is -0.0822. The maximum atomic E-state index is 5.96. The molecule has 0 saturated carbocycles. The molecular weight excluding hydrogens is 188 g/mol. The Morgan fingerprint density at radius 2 is 1.87 bits per heavy atom. The van der Waals surface area contributed by atoms with Crippen molar-refractivity contribution in [2.45, 2.75) is 47.6 Å². The van der Waals surface area contributed by atoms with Crippen LogP contribution < -0.4 is 5.73 Å². The minimum Gasteiger partial charge on any atom is -0.385 e. The lowest BCUT2D eigenvalue weighted by Crippen LogP contribution is -2.42. The monoisotopic (exact) mass is 214 g/mol. The van der Waals surface area contributed by atoms with E-state index < -0.39 is 0 Å². The highest BCUT2D eigenvalue weighted by atomic mass is 16.5. The van der Waals surface area contributed by atoms with Crippen molar-refractivity contribution in [3.05, 3.63) is 0 Å². The molecule has 0 saturated heterocycles. The van der Waals surface area contributed by atoms with Crippen molar-refractivity contribution in [1.82, 2.24) is 0 Å². The molecule has 0 spiro atoms. The lowest BCUT2D eigenvalue weighted by Gasteiger charge is -2.29. The summed E-state index contributed by atoms with van der Waals surface area (Å²) in [6, 6.07) is 0. The molecule has 0 aliphatic rings. The molecule has 0 heterocycles. The molecule has 1 unspecified atom stereocenters. The zero-order valence-electron chi connectivity index (χ0n) is 11.0. The van der Waals surface area contributed by atoms with Crippen molar-refractivity contribution in [3.8, 4) is 0 Å². The molecule has 0 radical (unpaired) electrons. The molecule has 90 valence electrons. The predicted octanol–water partition coefficient (Wildman–Crippen LogP) is 2.45. The number of hydrogen-bond donors (Lipinski definition) is 1. The van der Waals surface area contributed by atoms with E-state index in [-0.39, 0.29) is 11.5 Å². The lowest BCUT2D eigenvalue weighted by molar-refractivity contribution is 0.0352. The van der Waals surface area contributed by atoms with E-state index in [1.165, 1.54) is 0 Å². The maximum Gasteiger partial charge on any atom is 0.124 e. The Bertz CT molecular complexity index is 204. The van der Waals surface area contributed by atoms with Crippen LogP contribution in [-0.4, -0.2) is 25.1 Å². The van der Waals surface area contributed by atoms with E-state index in [4.69, 9.17) is 10.5 Å². The molecule has 0 aromatic rings. The number of aliphatic imine (C=N–C) groups is 1. The van der Waals surface area contributed by atoms with E-state index >= 15 is 0 Å². The van der Waals surface area contributed by atoms with Gasteiger partial charge in [-0.25, -0.2) is 0 Å². The smallest absolute Gasteiger partial charge is 0.124 e. The molecule has 0 aliphatic carbocycles. The Kier molecular flexibility index (Phi) is 5.88. The molecular formula is C12H26N2O. The SMILES string of the molecule is CCOC(C(N)=NCC(C)C)C(C)(C)C. The fourth-order valence-electron chi connectivity index (χ4n) is 1.32. The molecule has 0 amide bonds. The predicted molar refractivity (Wildman–Crippen MR) is 66.2 cm³/mol. The number of amidine groups is 1. The Morgan fingerprint density at radius 3 is 2.20 bits per heavy atom. The number of nitrogens with two attached hydrogens (primary N) is 1. The summed E-state index contributed by atoms with van der Waals surface area (Å²) < 4.78 is 5.64. The molecule has 0 aromatic carbocycles. The van der Waals surface area contributed by atoms with Crippen molar-refractivity contribution in [3.63, 3.8) is 0 Å². The van der Waals surface area contributed by atoms with E-state index in [1.54, 1.807) is 0 Å². The van der Waals surface area contributed by atoms with Crippen LogP contribution in [0.5, 0.6) is 0 Å². The van der Waals surface area contributed by atoms with Gasteiger partial charge in [-0.05, 0) is 18.3 Å². The first-order valence-electron chi connectivity index (χ1n) is 5.70. The molecule has 15 heavy (non-hydrogen) atoms. The van der Waals surface area contributed by atoms with Crippen molar-refractivity contribution in [2.24, 2.45) is 22.1 Å². The molecule has 0 fully saturated rings. The van der Waals surface area contributed by atoms with Gasteiger partial charge >= 0.3 is 0 Å². The van der Waals surface area contributed by atoms with Crippen molar-refractivity contribution in [2.75, 3.05) is 13.2 Å². The van der Waals surface area contributed by atoms with Crippen LogP contribution in [0.3, 0.4) is 0 Å². The average Bonchev–Trinajstić information content (AvgIpc) is 2.08. The van der Waals surface area contributed by atoms with E-state index in [1.807, 2.05) is 6.92 Å². The fourth-order valence-corrected chi connectivity index (χ4v) is 1.32. The molecule has 0 rings (SSSR count). The summed E-state index contributed by atoms with van der Waals surface area (Å²) in [5.74, 6) is 1.16. The van der Waals surface area contributed by atoms with E-state index in [9.17, 15) is 0 Å². The summed E-state index contributed by atoms with van der Waals surface area (Å²) in [6.45, 7) is 14.0. The molecule has 3 heteroatoms. The van der Waals surface area contributed by atoms with Crippen LogP contribution in [0, 0.1) is 11.3 Å². The highest BCUT2D eigenvalue weighted by molar-refractivity contribution is 5.85. The Labute approximate surface area is 94.1 Å². The lowest BCUT2D eigenvalue weighted by atomic mass is 9.88. The standard InChI is InChI=1S/C12H26N2O/c1-7-15-10(12(4,5)6)11(13)14-8-9(2)3/h9-10H,7-8H2,1-6H3,(H2,13,14). The fraction of sp³-hybridized carbons (Fsp3) is 0.917. The molecule has 2 N–H and O–H groups in total. The topological polar surface area (TPSA) is 47.6 Å².